The van der Waals surface area contributed by atoms with Crippen molar-refractivity contribution in [3.05, 3.63) is 65.7 Å². The van der Waals surface area contributed by atoms with Crippen LogP contribution in [-0.2, 0) is 6.54 Å². The van der Waals surface area contributed by atoms with Crippen LogP contribution in [0.2, 0.25) is 0 Å². The van der Waals surface area contributed by atoms with E-state index in [-0.39, 0.29) is 5.75 Å². The maximum Gasteiger partial charge on any atom is 0.179 e. The lowest BCUT2D eigenvalue weighted by atomic mass is 10.2. The average Bonchev–Trinajstić information content (AvgIpc) is 3.01. The van der Waals surface area contributed by atoms with Gasteiger partial charge in [-0.3, -0.25) is 4.98 Å². The number of nitrogens with zero attached hydrogens (tertiary/aromatic N) is 6. The van der Waals surface area contributed by atoms with Gasteiger partial charge in [0.2, 0.25) is 0 Å². The fourth-order valence-electron chi connectivity index (χ4n) is 3.22. The minimum atomic E-state index is 0.225. The molecule has 0 spiro atoms. The molecule has 1 aromatic carbocycles. The highest BCUT2D eigenvalue weighted by atomic mass is 16.3. The molecule has 0 saturated heterocycles. The Bertz CT molecular complexity index is 1090. The maximum atomic E-state index is 9.55. The van der Waals surface area contributed by atoms with Gasteiger partial charge in [0.15, 0.2) is 5.82 Å². The van der Waals surface area contributed by atoms with E-state index in [4.69, 9.17) is 5.10 Å². The maximum absolute atomic E-state index is 9.55. The number of phenolic OH excluding ortho intramolecular Hbond substituents is 1. The number of pyridine rings is 1. The van der Waals surface area contributed by atoms with E-state index in [2.05, 4.69) is 15.2 Å². The van der Waals surface area contributed by atoms with Crippen LogP contribution in [0.1, 0.15) is 17.1 Å². The molecule has 7 heteroatoms. The van der Waals surface area contributed by atoms with Crippen LogP contribution < -0.4 is 4.90 Å². The number of phenols is 1. The molecular formula is C20H20N6O. The number of hydrogen-bond acceptors (Lipinski definition) is 6. The van der Waals surface area contributed by atoms with Crippen LogP contribution in [0.3, 0.4) is 0 Å². The van der Waals surface area contributed by atoms with Crippen molar-refractivity contribution in [2.45, 2.75) is 20.4 Å². The van der Waals surface area contributed by atoms with Crippen molar-refractivity contribution in [2.75, 3.05) is 11.9 Å². The van der Waals surface area contributed by atoms with Crippen molar-refractivity contribution in [3.63, 3.8) is 0 Å². The van der Waals surface area contributed by atoms with E-state index in [0.717, 1.165) is 33.7 Å². The molecule has 3 heterocycles. The van der Waals surface area contributed by atoms with Crippen molar-refractivity contribution < 1.29 is 5.11 Å². The van der Waals surface area contributed by atoms with Gasteiger partial charge >= 0.3 is 0 Å². The average molecular weight is 360 g/mol. The molecule has 0 radical (unpaired) electrons. The topological polar surface area (TPSA) is 80.0 Å². The molecule has 3 aromatic heterocycles. The van der Waals surface area contributed by atoms with E-state index in [1.807, 2.05) is 60.8 Å². The summed E-state index contributed by atoms with van der Waals surface area (Å²) < 4.78 is 1.86. The van der Waals surface area contributed by atoms with E-state index >= 15 is 0 Å². The molecule has 0 amide bonds. The van der Waals surface area contributed by atoms with Crippen LogP contribution in [0, 0.1) is 13.8 Å². The predicted octanol–water partition coefficient (Wildman–Crippen LogP) is 3.17. The number of rotatable bonds is 4. The number of aromatic nitrogens is 5. The van der Waals surface area contributed by atoms with Gasteiger partial charge in [0.25, 0.3) is 0 Å². The van der Waals surface area contributed by atoms with E-state index < -0.39 is 0 Å². The van der Waals surface area contributed by atoms with Crippen LogP contribution in [-0.4, -0.2) is 37.1 Å². The van der Waals surface area contributed by atoms with Gasteiger partial charge in [-0.2, -0.15) is 10.2 Å². The minimum Gasteiger partial charge on any atom is -0.508 e. The van der Waals surface area contributed by atoms with Gasteiger partial charge in [-0.05, 0) is 50.2 Å². The SMILES string of the molecule is Cc1nnc(N(C)Cc2ccccn2)c2nn(-c3ccc(O)cc3)c(C)c12. The molecule has 136 valence electrons. The summed E-state index contributed by atoms with van der Waals surface area (Å²) in [4.78, 5) is 6.39. The molecule has 0 bridgehead atoms. The molecule has 4 rings (SSSR count). The lowest BCUT2D eigenvalue weighted by Crippen LogP contribution is -2.19. The summed E-state index contributed by atoms with van der Waals surface area (Å²) in [5.74, 6) is 0.935. The van der Waals surface area contributed by atoms with E-state index in [0.29, 0.717) is 12.4 Å². The van der Waals surface area contributed by atoms with Crippen molar-refractivity contribution in [1.29, 1.82) is 0 Å². The highest BCUT2D eigenvalue weighted by Gasteiger charge is 2.19. The Morgan fingerprint density at radius 2 is 1.81 bits per heavy atom. The third-order valence-corrected chi connectivity index (χ3v) is 4.57. The first-order chi connectivity index (χ1) is 13.0. The van der Waals surface area contributed by atoms with E-state index in [9.17, 15) is 5.11 Å². The summed E-state index contributed by atoms with van der Waals surface area (Å²) >= 11 is 0. The smallest absolute Gasteiger partial charge is 0.179 e. The van der Waals surface area contributed by atoms with Gasteiger partial charge in [0, 0.05) is 13.2 Å². The van der Waals surface area contributed by atoms with Gasteiger partial charge in [0.05, 0.1) is 34.7 Å². The molecule has 0 fully saturated rings. The lowest BCUT2D eigenvalue weighted by molar-refractivity contribution is 0.475. The first kappa shape index (κ1) is 17.0. The second-order valence-electron chi connectivity index (χ2n) is 6.52. The number of hydrogen-bond donors (Lipinski definition) is 1. The molecular weight excluding hydrogens is 340 g/mol. The second-order valence-corrected chi connectivity index (χ2v) is 6.52. The van der Waals surface area contributed by atoms with Gasteiger partial charge in [0.1, 0.15) is 11.3 Å². The predicted molar refractivity (Wildman–Crippen MR) is 104 cm³/mol. The molecule has 0 saturated carbocycles. The molecule has 1 N–H and O–H groups in total. The zero-order valence-electron chi connectivity index (χ0n) is 15.5. The lowest BCUT2D eigenvalue weighted by Gasteiger charge is -2.17. The zero-order chi connectivity index (χ0) is 19.0. The largest absolute Gasteiger partial charge is 0.508 e. The Labute approximate surface area is 156 Å². The fourth-order valence-corrected chi connectivity index (χ4v) is 3.22. The van der Waals surface area contributed by atoms with Gasteiger partial charge in [-0.25, -0.2) is 4.68 Å². The molecule has 7 nitrogen and oxygen atoms in total. The van der Waals surface area contributed by atoms with Crippen LogP contribution in [0.15, 0.2) is 48.7 Å². The molecule has 0 unspecified atom stereocenters. The van der Waals surface area contributed by atoms with Gasteiger partial charge < -0.3 is 10.0 Å². The Kier molecular flexibility index (Phi) is 4.19. The summed E-state index contributed by atoms with van der Waals surface area (Å²) in [6.45, 7) is 4.56. The fraction of sp³-hybridized carbons (Fsp3) is 0.200. The van der Waals surface area contributed by atoms with Gasteiger partial charge in [-0.15, -0.1) is 5.10 Å². The molecule has 0 aliphatic rings. The Morgan fingerprint density at radius 3 is 2.52 bits per heavy atom. The molecule has 0 aliphatic heterocycles. The number of benzene rings is 1. The Morgan fingerprint density at radius 1 is 1.04 bits per heavy atom. The van der Waals surface area contributed by atoms with Crippen molar-refractivity contribution in [2.24, 2.45) is 0 Å². The first-order valence-corrected chi connectivity index (χ1v) is 8.67. The van der Waals surface area contributed by atoms with Crippen molar-refractivity contribution >= 4 is 16.7 Å². The van der Waals surface area contributed by atoms with E-state index in [1.54, 1.807) is 18.3 Å². The van der Waals surface area contributed by atoms with Gasteiger partial charge in [-0.1, -0.05) is 6.07 Å². The summed E-state index contributed by atoms with van der Waals surface area (Å²) in [7, 11) is 1.96. The zero-order valence-corrected chi connectivity index (χ0v) is 15.5. The van der Waals surface area contributed by atoms with Crippen LogP contribution >= 0.6 is 0 Å². The molecule has 0 aliphatic carbocycles. The molecule has 0 atom stereocenters. The quantitative estimate of drug-likeness (QED) is 0.602. The highest BCUT2D eigenvalue weighted by molar-refractivity contribution is 5.92. The third-order valence-electron chi connectivity index (χ3n) is 4.57. The minimum absolute atomic E-state index is 0.225. The van der Waals surface area contributed by atoms with Crippen LogP contribution in [0.25, 0.3) is 16.6 Å². The number of aromatic hydroxyl groups is 1. The van der Waals surface area contributed by atoms with Crippen molar-refractivity contribution in [3.8, 4) is 11.4 Å². The monoisotopic (exact) mass is 360 g/mol. The van der Waals surface area contributed by atoms with Crippen LogP contribution in [0.5, 0.6) is 5.75 Å². The number of anilines is 1. The summed E-state index contributed by atoms with van der Waals surface area (Å²) in [5, 5.41) is 24.1. The van der Waals surface area contributed by atoms with Crippen LogP contribution in [0.4, 0.5) is 5.82 Å². The normalized spacial score (nSPS) is 11.1. The number of fused-ring (bicyclic) bond motifs is 1. The standard InChI is InChI=1S/C20H20N6O/c1-13-18-14(2)26(16-7-9-17(27)10-8-16)24-19(18)20(23-22-13)25(3)12-15-6-4-5-11-21-15/h4-11,27H,12H2,1-3H3. The molecule has 27 heavy (non-hydrogen) atoms. The Balaban J connectivity index is 1.81. The Hall–Kier alpha value is -3.48. The second kappa shape index (κ2) is 6.68. The number of aryl methyl sites for hydroxylation is 2. The summed E-state index contributed by atoms with van der Waals surface area (Å²) in [6, 6.07) is 12.8. The third kappa shape index (κ3) is 3.08. The van der Waals surface area contributed by atoms with Crippen molar-refractivity contribution in [1.82, 2.24) is 25.0 Å². The van der Waals surface area contributed by atoms with E-state index in [1.165, 1.54) is 0 Å². The first-order valence-electron chi connectivity index (χ1n) is 8.67. The summed E-state index contributed by atoms with van der Waals surface area (Å²) in [6.07, 6.45) is 1.78. The highest BCUT2D eigenvalue weighted by Crippen LogP contribution is 2.29. The molecule has 4 aromatic rings. The summed E-state index contributed by atoms with van der Waals surface area (Å²) in [5.41, 5.74) is 4.44.